The molecule has 23 heavy (non-hydrogen) atoms. The largest absolute Gasteiger partial charge is 0.469 e. The van der Waals surface area contributed by atoms with Crippen LogP contribution in [0.3, 0.4) is 0 Å². The molecule has 2 aromatic rings. The van der Waals surface area contributed by atoms with Crippen LogP contribution in [-0.4, -0.2) is 32.7 Å². The number of imidazole rings is 1. The Morgan fingerprint density at radius 3 is 2.74 bits per heavy atom. The van der Waals surface area contributed by atoms with Crippen molar-refractivity contribution in [3.05, 3.63) is 28.2 Å². The van der Waals surface area contributed by atoms with E-state index in [2.05, 4.69) is 15.1 Å². The van der Waals surface area contributed by atoms with E-state index in [1.54, 1.807) is 4.52 Å². The normalized spacial score (nSPS) is 13.9. The maximum atomic E-state index is 12.0. The molecular weight excluding hydrogens is 296 g/mol. The van der Waals surface area contributed by atoms with Gasteiger partial charge in [0, 0.05) is 5.92 Å². The number of esters is 1. The molecule has 2 heterocycles. The van der Waals surface area contributed by atoms with E-state index in [4.69, 9.17) is 4.74 Å². The summed E-state index contributed by atoms with van der Waals surface area (Å²) >= 11 is 0. The van der Waals surface area contributed by atoms with Crippen LogP contribution >= 0.6 is 0 Å². The number of methoxy groups -OCH3 is 1. The van der Waals surface area contributed by atoms with Crippen LogP contribution in [-0.2, 0) is 16.0 Å². The molecule has 0 radical (unpaired) electrons. The first kappa shape index (κ1) is 17.2. The van der Waals surface area contributed by atoms with Gasteiger partial charge in [0.15, 0.2) is 5.52 Å². The van der Waals surface area contributed by atoms with Crippen molar-refractivity contribution in [2.75, 3.05) is 7.11 Å². The quantitative estimate of drug-likeness (QED) is 0.789. The molecule has 126 valence electrons. The minimum Gasteiger partial charge on any atom is -0.469 e. The lowest BCUT2D eigenvalue weighted by atomic mass is 9.94. The molecule has 0 saturated carbocycles. The van der Waals surface area contributed by atoms with Gasteiger partial charge in [-0.05, 0) is 25.7 Å². The number of ether oxygens (including phenoxy) is 1. The number of aromatic amines is 1. The lowest BCUT2D eigenvalue weighted by Gasteiger charge is -2.15. The van der Waals surface area contributed by atoms with Crippen LogP contribution in [0.1, 0.15) is 57.5 Å². The van der Waals surface area contributed by atoms with Crippen LogP contribution in [0, 0.1) is 5.92 Å². The zero-order valence-electron chi connectivity index (χ0n) is 14.1. The Labute approximate surface area is 135 Å². The van der Waals surface area contributed by atoms with E-state index in [0.29, 0.717) is 11.9 Å². The van der Waals surface area contributed by atoms with Crippen LogP contribution in [0.25, 0.3) is 5.52 Å². The Hall–Kier alpha value is -2.18. The number of H-pyrrole nitrogens is 1. The molecule has 0 amide bonds. The molecule has 0 aliphatic rings. The van der Waals surface area contributed by atoms with Crippen molar-refractivity contribution < 1.29 is 9.53 Å². The molecule has 2 rings (SSSR count). The number of fused-ring (bicyclic) bond motifs is 1. The van der Waals surface area contributed by atoms with Gasteiger partial charge in [0.05, 0.1) is 18.7 Å². The molecule has 7 heteroatoms. The SMILES string of the molecule is CCc1nc([C@H](C)CC[C@@H](CC)C(=O)OC)n2nc[nH]c(=O)c12. The lowest BCUT2D eigenvalue weighted by Crippen LogP contribution is -2.17. The standard InChI is InChI=1S/C16H24N4O3/c1-5-11(16(22)23-4)8-7-10(3)14-19-12(6-2)13-15(21)17-9-18-20(13)14/h9-11H,5-8H2,1-4H3,(H,17,18,21)/t10-,11-/m1/s1. The van der Waals surface area contributed by atoms with E-state index >= 15 is 0 Å². The summed E-state index contributed by atoms with van der Waals surface area (Å²) in [6, 6.07) is 0. The van der Waals surface area contributed by atoms with E-state index in [1.165, 1.54) is 13.4 Å². The topological polar surface area (TPSA) is 89.3 Å². The van der Waals surface area contributed by atoms with E-state index in [1.807, 2.05) is 20.8 Å². The van der Waals surface area contributed by atoms with E-state index < -0.39 is 0 Å². The fourth-order valence-electron chi connectivity index (χ4n) is 2.83. The summed E-state index contributed by atoms with van der Waals surface area (Å²) in [5.41, 5.74) is 1.09. The van der Waals surface area contributed by atoms with Crippen LogP contribution in [0.2, 0.25) is 0 Å². The van der Waals surface area contributed by atoms with Crippen molar-refractivity contribution >= 4 is 11.5 Å². The summed E-state index contributed by atoms with van der Waals surface area (Å²) in [6.07, 6.45) is 4.31. The highest BCUT2D eigenvalue weighted by molar-refractivity contribution is 5.72. The molecule has 0 aliphatic carbocycles. The van der Waals surface area contributed by atoms with Crippen molar-refractivity contribution in [3.63, 3.8) is 0 Å². The van der Waals surface area contributed by atoms with Crippen molar-refractivity contribution in [2.24, 2.45) is 5.92 Å². The predicted octanol–water partition coefficient (Wildman–Crippen LogP) is 2.06. The van der Waals surface area contributed by atoms with Gasteiger partial charge in [-0.15, -0.1) is 0 Å². The van der Waals surface area contributed by atoms with Gasteiger partial charge in [-0.2, -0.15) is 5.10 Å². The smallest absolute Gasteiger partial charge is 0.308 e. The monoisotopic (exact) mass is 320 g/mol. The summed E-state index contributed by atoms with van der Waals surface area (Å²) in [5.74, 6) is 0.589. The van der Waals surface area contributed by atoms with Gasteiger partial charge in [0.1, 0.15) is 12.2 Å². The van der Waals surface area contributed by atoms with Gasteiger partial charge in [0.25, 0.3) is 5.56 Å². The third-order valence-corrected chi connectivity index (χ3v) is 4.29. The van der Waals surface area contributed by atoms with Crippen molar-refractivity contribution in [1.82, 2.24) is 19.6 Å². The highest BCUT2D eigenvalue weighted by atomic mass is 16.5. The van der Waals surface area contributed by atoms with E-state index in [0.717, 1.165) is 30.8 Å². The average Bonchev–Trinajstić information content (AvgIpc) is 2.95. The van der Waals surface area contributed by atoms with Crippen molar-refractivity contribution in [2.45, 2.75) is 52.4 Å². The van der Waals surface area contributed by atoms with Gasteiger partial charge in [-0.25, -0.2) is 9.50 Å². The number of nitrogens with one attached hydrogen (secondary N) is 1. The predicted molar refractivity (Wildman–Crippen MR) is 86.4 cm³/mol. The number of aromatic nitrogens is 4. The Morgan fingerprint density at radius 2 is 2.13 bits per heavy atom. The van der Waals surface area contributed by atoms with E-state index in [9.17, 15) is 9.59 Å². The highest BCUT2D eigenvalue weighted by Crippen LogP contribution is 2.25. The van der Waals surface area contributed by atoms with Crippen molar-refractivity contribution in [1.29, 1.82) is 0 Å². The molecule has 0 aliphatic heterocycles. The minimum absolute atomic E-state index is 0.0933. The summed E-state index contributed by atoms with van der Waals surface area (Å²) in [5, 5.41) is 4.24. The number of carbonyl (C=O) groups is 1. The van der Waals surface area contributed by atoms with Gasteiger partial charge in [0.2, 0.25) is 0 Å². The molecule has 1 N–H and O–H groups in total. The Bertz CT molecular complexity index is 734. The summed E-state index contributed by atoms with van der Waals surface area (Å²) in [7, 11) is 1.42. The molecule has 0 spiro atoms. The van der Waals surface area contributed by atoms with Gasteiger partial charge < -0.3 is 9.72 Å². The number of rotatable bonds is 7. The minimum atomic E-state index is -0.177. The third kappa shape index (κ3) is 3.43. The second-order valence-electron chi connectivity index (χ2n) is 5.76. The molecule has 7 nitrogen and oxygen atoms in total. The number of hydrogen-bond acceptors (Lipinski definition) is 5. The molecule has 0 fully saturated rings. The Kier molecular flexibility index (Phi) is 5.52. The first-order chi connectivity index (χ1) is 11.0. The fraction of sp³-hybridized carbons (Fsp3) is 0.625. The van der Waals surface area contributed by atoms with Crippen molar-refractivity contribution in [3.8, 4) is 0 Å². The molecule has 2 atom stereocenters. The average molecular weight is 320 g/mol. The maximum Gasteiger partial charge on any atom is 0.308 e. The zero-order valence-corrected chi connectivity index (χ0v) is 14.1. The van der Waals surface area contributed by atoms with Crippen LogP contribution in [0.15, 0.2) is 11.1 Å². The summed E-state index contributed by atoms with van der Waals surface area (Å²) in [4.78, 5) is 30.9. The van der Waals surface area contributed by atoms with Crippen LogP contribution in [0.4, 0.5) is 0 Å². The molecule has 0 unspecified atom stereocenters. The number of carbonyl (C=O) groups excluding carboxylic acids is 1. The first-order valence-corrected chi connectivity index (χ1v) is 8.06. The Balaban J connectivity index is 2.25. The lowest BCUT2D eigenvalue weighted by molar-refractivity contribution is -0.145. The summed E-state index contributed by atoms with van der Waals surface area (Å²) in [6.45, 7) is 5.99. The molecule has 2 aromatic heterocycles. The van der Waals surface area contributed by atoms with Gasteiger partial charge in [-0.1, -0.05) is 20.8 Å². The first-order valence-electron chi connectivity index (χ1n) is 8.06. The van der Waals surface area contributed by atoms with Gasteiger partial charge >= 0.3 is 5.97 Å². The molecule has 0 saturated heterocycles. The number of hydrogen-bond donors (Lipinski definition) is 1. The fourth-order valence-corrected chi connectivity index (χ4v) is 2.83. The van der Waals surface area contributed by atoms with Crippen LogP contribution < -0.4 is 5.56 Å². The molecule has 0 bridgehead atoms. The number of nitrogens with zero attached hydrogens (tertiary/aromatic N) is 3. The second kappa shape index (κ2) is 7.39. The second-order valence-corrected chi connectivity index (χ2v) is 5.76. The molecular formula is C16H24N4O3. The van der Waals surface area contributed by atoms with Crippen LogP contribution in [0.5, 0.6) is 0 Å². The maximum absolute atomic E-state index is 12.0. The Morgan fingerprint density at radius 1 is 1.39 bits per heavy atom. The highest BCUT2D eigenvalue weighted by Gasteiger charge is 2.22. The van der Waals surface area contributed by atoms with Gasteiger partial charge in [-0.3, -0.25) is 9.59 Å². The summed E-state index contributed by atoms with van der Waals surface area (Å²) < 4.78 is 6.46. The van der Waals surface area contributed by atoms with E-state index in [-0.39, 0.29) is 23.4 Å². The molecule has 0 aromatic carbocycles. The zero-order chi connectivity index (χ0) is 17.0. The third-order valence-electron chi connectivity index (χ3n) is 4.29. The number of aryl methyl sites for hydroxylation is 1.